The number of rotatable bonds is 4. The van der Waals surface area contributed by atoms with E-state index in [0.29, 0.717) is 27.4 Å². The molecule has 33 heavy (non-hydrogen) atoms. The third-order valence-corrected chi connectivity index (χ3v) is 6.06. The van der Waals surface area contributed by atoms with Gasteiger partial charge >= 0.3 is 5.63 Å². The van der Waals surface area contributed by atoms with Crippen molar-refractivity contribution in [2.75, 3.05) is 0 Å². The number of nitro groups is 1. The number of aromatic nitrogens is 1. The molecular formula is C25H13N3O4S. The normalized spacial score (nSPS) is 11.5. The molecule has 7 nitrogen and oxygen atoms in total. The van der Waals surface area contributed by atoms with E-state index in [1.807, 2.05) is 30.3 Å². The Morgan fingerprint density at radius 3 is 2.64 bits per heavy atom. The Labute approximate surface area is 190 Å². The van der Waals surface area contributed by atoms with E-state index in [9.17, 15) is 20.2 Å². The minimum Gasteiger partial charge on any atom is -0.422 e. The maximum absolute atomic E-state index is 12.7. The molecule has 0 atom stereocenters. The van der Waals surface area contributed by atoms with Crippen LogP contribution in [0.15, 0.2) is 81.3 Å². The van der Waals surface area contributed by atoms with Crippen molar-refractivity contribution >= 4 is 50.4 Å². The van der Waals surface area contributed by atoms with Crippen molar-refractivity contribution in [2.45, 2.75) is 0 Å². The molecule has 0 saturated heterocycles. The van der Waals surface area contributed by atoms with Crippen LogP contribution < -0.4 is 5.63 Å². The van der Waals surface area contributed by atoms with E-state index in [0.717, 1.165) is 16.2 Å². The smallest absolute Gasteiger partial charge is 0.345 e. The van der Waals surface area contributed by atoms with Crippen molar-refractivity contribution < 1.29 is 9.34 Å². The Morgan fingerprint density at radius 1 is 1.09 bits per heavy atom. The average Bonchev–Trinajstić information content (AvgIpc) is 3.32. The topological polar surface area (TPSA) is 110 Å². The van der Waals surface area contributed by atoms with Crippen molar-refractivity contribution in [2.24, 2.45) is 0 Å². The Bertz CT molecular complexity index is 1670. The van der Waals surface area contributed by atoms with Gasteiger partial charge in [-0.3, -0.25) is 10.1 Å². The van der Waals surface area contributed by atoms with E-state index in [1.54, 1.807) is 35.7 Å². The van der Waals surface area contributed by atoms with Gasteiger partial charge in [0, 0.05) is 22.9 Å². The van der Waals surface area contributed by atoms with Crippen LogP contribution >= 0.6 is 11.3 Å². The predicted molar refractivity (Wildman–Crippen MR) is 128 cm³/mol. The highest BCUT2D eigenvalue weighted by Gasteiger charge is 2.15. The predicted octanol–water partition coefficient (Wildman–Crippen LogP) is 6.04. The SMILES string of the molecule is N#CC(=Cc1ccc([N+](=O)[O-])cc1)c1nc(-c2cc3c(ccc4ccccc43)oc2=O)cs1. The van der Waals surface area contributed by atoms with Crippen LogP contribution in [0.2, 0.25) is 0 Å². The fourth-order valence-corrected chi connectivity index (χ4v) is 4.36. The number of hydrogen-bond acceptors (Lipinski definition) is 7. The molecule has 0 spiro atoms. The Morgan fingerprint density at radius 2 is 1.88 bits per heavy atom. The van der Waals surface area contributed by atoms with E-state index in [1.165, 1.54) is 23.5 Å². The van der Waals surface area contributed by atoms with Crippen LogP contribution in [-0.2, 0) is 0 Å². The van der Waals surface area contributed by atoms with Gasteiger partial charge in [0.15, 0.2) is 0 Å². The van der Waals surface area contributed by atoms with Crippen molar-refractivity contribution in [3.63, 3.8) is 0 Å². The van der Waals surface area contributed by atoms with E-state index >= 15 is 0 Å². The quantitative estimate of drug-likeness (QED) is 0.108. The lowest BCUT2D eigenvalue weighted by Crippen LogP contribution is -2.03. The maximum atomic E-state index is 12.7. The van der Waals surface area contributed by atoms with Crippen LogP contribution in [0.5, 0.6) is 0 Å². The number of benzene rings is 3. The van der Waals surface area contributed by atoms with Crippen LogP contribution in [0.3, 0.4) is 0 Å². The lowest BCUT2D eigenvalue weighted by Gasteiger charge is -2.04. The molecule has 2 heterocycles. The number of nitrogens with zero attached hydrogens (tertiary/aromatic N) is 3. The summed E-state index contributed by atoms with van der Waals surface area (Å²) in [5, 5.41) is 25.4. The maximum Gasteiger partial charge on any atom is 0.345 e. The molecular weight excluding hydrogens is 438 g/mol. The number of nitriles is 1. The average molecular weight is 451 g/mol. The van der Waals surface area contributed by atoms with Gasteiger partial charge in [0.2, 0.25) is 0 Å². The summed E-state index contributed by atoms with van der Waals surface area (Å²) >= 11 is 1.23. The molecule has 8 heteroatoms. The lowest BCUT2D eigenvalue weighted by molar-refractivity contribution is -0.384. The van der Waals surface area contributed by atoms with Crippen LogP contribution in [0, 0.1) is 21.4 Å². The number of allylic oxidation sites excluding steroid dienone is 1. The molecule has 158 valence electrons. The number of non-ortho nitro benzene ring substituents is 1. The van der Waals surface area contributed by atoms with Gasteiger partial charge < -0.3 is 4.42 Å². The zero-order valence-electron chi connectivity index (χ0n) is 16.9. The number of hydrogen-bond donors (Lipinski definition) is 0. The van der Waals surface area contributed by atoms with E-state index in [4.69, 9.17) is 4.42 Å². The van der Waals surface area contributed by atoms with Gasteiger partial charge in [-0.2, -0.15) is 5.26 Å². The Balaban J connectivity index is 1.56. The van der Waals surface area contributed by atoms with Crippen molar-refractivity contribution in [1.29, 1.82) is 5.26 Å². The number of fused-ring (bicyclic) bond motifs is 3. The van der Waals surface area contributed by atoms with Gasteiger partial charge in [-0.25, -0.2) is 9.78 Å². The molecule has 0 N–H and O–H groups in total. The van der Waals surface area contributed by atoms with E-state index in [-0.39, 0.29) is 11.3 Å². The third-order valence-electron chi connectivity index (χ3n) is 5.19. The van der Waals surface area contributed by atoms with E-state index in [2.05, 4.69) is 11.1 Å². The van der Waals surface area contributed by atoms with Gasteiger partial charge in [-0.15, -0.1) is 11.3 Å². The highest BCUT2D eigenvalue weighted by atomic mass is 32.1. The van der Waals surface area contributed by atoms with Crippen LogP contribution in [0.25, 0.3) is 44.6 Å². The summed E-state index contributed by atoms with van der Waals surface area (Å²) in [6.45, 7) is 0. The first-order valence-corrected chi connectivity index (χ1v) is 10.7. The molecule has 0 radical (unpaired) electrons. The third kappa shape index (κ3) is 3.78. The molecule has 0 aliphatic heterocycles. The molecule has 5 aromatic rings. The summed E-state index contributed by atoms with van der Waals surface area (Å²) in [5.41, 5.74) is 1.61. The highest BCUT2D eigenvalue weighted by Crippen LogP contribution is 2.30. The van der Waals surface area contributed by atoms with E-state index < -0.39 is 10.5 Å². The Hall–Kier alpha value is -4.61. The molecule has 0 amide bonds. The fraction of sp³-hybridized carbons (Fsp3) is 0. The highest BCUT2D eigenvalue weighted by molar-refractivity contribution is 7.11. The summed E-state index contributed by atoms with van der Waals surface area (Å²) in [6.07, 6.45) is 1.60. The first kappa shape index (κ1) is 20.3. The second kappa shape index (κ2) is 8.15. The molecule has 0 saturated carbocycles. The van der Waals surface area contributed by atoms with Crippen LogP contribution in [0.1, 0.15) is 10.6 Å². The summed E-state index contributed by atoms with van der Waals surface area (Å²) in [4.78, 5) is 27.5. The second-order valence-electron chi connectivity index (χ2n) is 7.20. The van der Waals surface area contributed by atoms with Crippen LogP contribution in [0.4, 0.5) is 5.69 Å². The zero-order chi connectivity index (χ0) is 22.9. The molecule has 0 aliphatic carbocycles. The molecule has 3 aromatic carbocycles. The van der Waals surface area contributed by atoms with Gasteiger partial charge in [-0.05, 0) is 46.7 Å². The first-order valence-electron chi connectivity index (χ1n) is 9.81. The standard InChI is InChI=1S/C25H13N3O4S/c26-13-17(11-15-5-8-18(9-6-15)28(30)31)24-27-22(14-33-24)21-12-20-19-4-2-1-3-16(19)7-10-23(20)32-25(21)29/h1-12,14H. The number of thiazole rings is 1. The molecule has 0 bridgehead atoms. The molecule has 0 aliphatic rings. The van der Waals surface area contributed by atoms with Gasteiger partial charge in [0.1, 0.15) is 16.7 Å². The summed E-state index contributed by atoms with van der Waals surface area (Å²) in [6, 6.07) is 21.3. The lowest BCUT2D eigenvalue weighted by atomic mass is 10.0. The minimum absolute atomic E-state index is 0.0299. The largest absolute Gasteiger partial charge is 0.422 e. The molecule has 2 aromatic heterocycles. The minimum atomic E-state index is -0.507. The molecule has 5 rings (SSSR count). The zero-order valence-corrected chi connectivity index (χ0v) is 17.7. The summed E-state index contributed by atoms with van der Waals surface area (Å²) < 4.78 is 5.55. The van der Waals surface area contributed by atoms with Crippen molar-refractivity contribution in [1.82, 2.24) is 4.98 Å². The Kier molecular flexibility index (Phi) is 5.01. The molecule has 0 unspecified atom stereocenters. The first-order chi connectivity index (χ1) is 16.0. The molecule has 0 fully saturated rings. The van der Waals surface area contributed by atoms with Crippen LogP contribution in [-0.4, -0.2) is 9.91 Å². The van der Waals surface area contributed by atoms with Gasteiger partial charge in [-0.1, -0.05) is 30.3 Å². The van der Waals surface area contributed by atoms with Gasteiger partial charge in [0.05, 0.1) is 21.8 Å². The monoisotopic (exact) mass is 451 g/mol. The number of nitro benzene ring substituents is 1. The van der Waals surface area contributed by atoms with Crippen molar-refractivity contribution in [3.8, 4) is 17.3 Å². The van der Waals surface area contributed by atoms with Crippen molar-refractivity contribution in [3.05, 3.63) is 103 Å². The summed E-state index contributed by atoms with van der Waals surface area (Å²) in [7, 11) is 0. The second-order valence-corrected chi connectivity index (χ2v) is 8.06. The fourth-order valence-electron chi connectivity index (χ4n) is 3.57. The van der Waals surface area contributed by atoms with Gasteiger partial charge in [0.25, 0.3) is 5.69 Å². The summed E-state index contributed by atoms with van der Waals surface area (Å²) in [5.74, 6) is 0.